The topological polar surface area (TPSA) is 53.2 Å². The summed E-state index contributed by atoms with van der Waals surface area (Å²) in [5.74, 6) is 0. The summed E-state index contributed by atoms with van der Waals surface area (Å²) in [6.45, 7) is 2.15. The normalized spacial score (nSPS) is 11.5. The van der Waals surface area contributed by atoms with E-state index in [4.69, 9.17) is 0 Å². The summed E-state index contributed by atoms with van der Waals surface area (Å²) in [6, 6.07) is -0.928. The molecule has 0 aromatic rings. The first-order valence-corrected chi connectivity index (χ1v) is 3.67. The first-order chi connectivity index (χ1) is 5.81. The second-order valence-electron chi connectivity index (χ2n) is 2.72. The highest BCUT2D eigenvalue weighted by Crippen LogP contribution is 2.11. The third kappa shape index (κ3) is 8.93. The van der Waals surface area contributed by atoms with Crippen molar-refractivity contribution in [3.8, 4) is 0 Å². The number of urea groups is 1. The number of amides is 2. The van der Waals surface area contributed by atoms with Crippen LogP contribution in [0.4, 0.5) is 18.0 Å². The van der Waals surface area contributed by atoms with E-state index in [1.54, 1.807) is 19.2 Å². The van der Waals surface area contributed by atoms with E-state index in [9.17, 15) is 18.0 Å². The lowest BCUT2D eigenvalue weighted by molar-refractivity contribution is -0.122. The molecule has 0 spiro atoms. The maximum atomic E-state index is 11.6. The van der Waals surface area contributed by atoms with Crippen LogP contribution in [-0.2, 0) is 0 Å². The molecule has 2 amide bonds. The summed E-state index contributed by atoms with van der Waals surface area (Å²) in [6.07, 6.45) is -4.38. The zero-order chi connectivity index (χ0) is 10.5. The molecule has 78 valence electrons. The Morgan fingerprint density at radius 2 is 1.92 bits per heavy atom. The average molecular weight is 199 g/mol. The molecule has 0 saturated heterocycles. The number of hydrogen-bond acceptors (Lipinski definition) is 2. The standard InChI is InChI=1S/C6H12F3N3O/c1-4(2)11-12-5(13)10-3-6(7,8)9/h4,11H,3H2,1-2H3,(H2,10,12,13). The molecular weight excluding hydrogens is 187 g/mol. The smallest absolute Gasteiger partial charge is 0.328 e. The Morgan fingerprint density at radius 3 is 2.31 bits per heavy atom. The number of rotatable bonds is 3. The maximum absolute atomic E-state index is 11.6. The molecule has 4 nitrogen and oxygen atoms in total. The molecule has 13 heavy (non-hydrogen) atoms. The molecule has 0 rings (SSSR count). The van der Waals surface area contributed by atoms with Crippen LogP contribution in [-0.4, -0.2) is 24.8 Å². The minimum absolute atomic E-state index is 0.0309. The van der Waals surface area contributed by atoms with Crippen molar-refractivity contribution in [1.82, 2.24) is 16.2 Å². The van der Waals surface area contributed by atoms with Crippen molar-refractivity contribution in [2.24, 2.45) is 0 Å². The number of nitrogens with one attached hydrogen (secondary N) is 3. The summed E-state index contributed by atoms with van der Waals surface area (Å²) >= 11 is 0. The predicted molar refractivity (Wildman–Crippen MR) is 40.9 cm³/mol. The van der Waals surface area contributed by atoms with E-state index in [1.165, 1.54) is 0 Å². The molecule has 0 fully saturated rings. The minimum Gasteiger partial charge on any atom is -0.328 e. The van der Waals surface area contributed by atoms with Crippen molar-refractivity contribution >= 4 is 6.03 Å². The second-order valence-corrected chi connectivity index (χ2v) is 2.72. The zero-order valence-corrected chi connectivity index (χ0v) is 7.33. The Kier molecular flexibility index (Phi) is 4.53. The van der Waals surface area contributed by atoms with E-state index in [2.05, 4.69) is 10.9 Å². The molecule has 3 N–H and O–H groups in total. The van der Waals surface area contributed by atoms with Crippen molar-refractivity contribution in [1.29, 1.82) is 0 Å². The zero-order valence-electron chi connectivity index (χ0n) is 7.33. The van der Waals surface area contributed by atoms with Crippen LogP contribution in [0.5, 0.6) is 0 Å². The predicted octanol–water partition coefficient (Wildman–Crippen LogP) is 0.761. The quantitative estimate of drug-likeness (QED) is 0.588. The van der Waals surface area contributed by atoms with Crippen LogP contribution in [0, 0.1) is 0 Å². The summed E-state index contributed by atoms with van der Waals surface area (Å²) in [5, 5.41) is 1.64. The molecular formula is C6H12F3N3O. The van der Waals surface area contributed by atoms with E-state index in [-0.39, 0.29) is 6.04 Å². The summed E-state index contributed by atoms with van der Waals surface area (Å²) in [4.78, 5) is 10.6. The van der Waals surface area contributed by atoms with Gasteiger partial charge in [0.2, 0.25) is 0 Å². The molecule has 0 bridgehead atoms. The number of hydrogen-bond donors (Lipinski definition) is 3. The molecule has 0 saturated carbocycles. The number of hydrazine groups is 1. The molecule has 0 aromatic carbocycles. The summed E-state index contributed by atoms with van der Waals surface area (Å²) < 4.78 is 34.7. The van der Waals surface area contributed by atoms with Gasteiger partial charge in [-0.1, -0.05) is 0 Å². The van der Waals surface area contributed by atoms with Gasteiger partial charge in [-0.25, -0.2) is 10.2 Å². The molecule has 0 aliphatic carbocycles. The highest BCUT2D eigenvalue weighted by Gasteiger charge is 2.27. The highest BCUT2D eigenvalue weighted by atomic mass is 19.4. The second kappa shape index (κ2) is 4.90. The van der Waals surface area contributed by atoms with E-state index in [1.807, 2.05) is 0 Å². The third-order valence-electron chi connectivity index (χ3n) is 0.924. The van der Waals surface area contributed by atoms with Gasteiger partial charge < -0.3 is 5.32 Å². The van der Waals surface area contributed by atoms with Gasteiger partial charge in [-0.05, 0) is 13.8 Å². The van der Waals surface area contributed by atoms with Gasteiger partial charge in [-0.2, -0.15) is 13.2 Å². The van der Waals surface area contributed by atoms with Gasteiger partial charge in [-0.15, -0.1) is 0 Å². The van der Waals surface area contributed by atoms with Gasteiger partial charge in [0.1, 0.15) is 6.54 Å². The Morgan fingerprint density at radius 1 is 1.38 bits per heavy atom. The maximum Gasteiger partial charge on any atom is 0.405 e. The Bertz CT molecular complexity index is 169. The van der Waals surface area contributed by atoms with Gasteiger partial charge in [0.25, 0.3) is 0 Å². The lowest BCUT2D eigenvalue weighted by Crippen LogP contribution is -2.49. The Hall–Kier alpha value is -0.980. The molecule has 0 atom stereocenters. The van der Waals surface area contributed by atoms with Gasteiger partial charge in [0.05, 0.1) is 0 Å². The van der Waals surface area contributed by atoms with E-state index >= 15 is 0 Å². The van der Waals surface area contributed by atoms with Gasteiger partial charge in [0, 0.05) is 6.04 Å². The fraction of sp³-hybridized carbons (Fsp3) is 0.833. The summed E-state index contributed by atoms with van der Waals surface area (Å²) in [5.41, 5.74) is 4.51. The van der Waals surface area contributed by atoms with Crippen LogP contribution in [0.1, 0.15) is 13.8 Å². The first-order valence-electron chi connectivity index (χ1n) is 3.67. The molecule has 0 aromatic heterocycles. The molecule has 0 unspecified atom stereocenters. The van der Waals surface area contributed by atoms with Crippen molar-refractivity contribution < 1.29 is 18.0 Å². The van der Waals surface area contributed by atoms with Gasteiger partial charge in [-0.3, -0.25) is 5.43 Å². The van der Waals surface area contributed by atoms with Crippen LogP contribution in [0.3, 0.4) is 0 Å². The lowest BCUT2D eigenvalue weighted by Gasteiger charge is -2.12. The van der Waals surface area contributed by atoms with Crippen molar-refractivity contribution in [2.75, 3.05) is 6.54 Å². The summed E-state index contributed by atoms with van der Waals surface area (Å²) in [7, 11) is 0. The fourth-order valence-electron chi connectivity index (χ4n) is 0.435. The average Bonchev–Trinajstić information content (AvgIpc) is 1.95. The van der Waals surface area contributed by atoms with E-state index < -0.39 is 18.8 Å². The van der Waals surface area contributed by atoms with Crippen LogP contribution >= 0.6 is 0 Å². The van der Waals surface area contributed by atoms with Gasteiger partial charge in [0.15, 0.2) is 0 Å². The van der Waals surface area contributed by atoms with E-state index in [0.717, 1.165) is 0 Å². The monoisotopic (exact) mass is 199 g/mol. The molecule has 0 heterocycles. The third-order valence-corrected chi connectivity index (χ3v) is 0.924. The van der Waals surface area contributed by atoms with Gasteiger partial charge >= 0.3 is 12.2 Å². The molecule has 0 aliphatic heterocycles. The van der Waals surface area contributed by atoms with Crippen molar-refractivity contribution in [2.45, 2.75) is 26.1 Å². The Balaban J connectivity index is 3.53. The van der Waals surface area contributed by atoms with Crippen LogP contribution < -0.4 is 16.2 Å². The number of halogens is 3. The van der Waals surface area contributed by atoms with Crippen LogP contribution in [0.2, 0.25) is 0 Å². The minimum atomic E-state index is -4.38. The largest absolute Gasteiger partial charge is 0.405 e. The number of alkyl halides is 3. The number of carbonyl (C=O) groups excluding carboxylic acids is 1. The Labute approximate surface area is 73.8 Å². The lowest BCUT2D eigenvalue weighted by atomic mass is 10.4. The first kappa shape index (κ1) is 12.0. The fourth-order valence-corrected chi connectivity index (χ4v) is 0.435. The number of carbonyl (C=O) groups is 1. The van der Waals surface area contributed by atoms with Crippen molar-refractivity contribution in [3.05, 3.63) is 0 Å². The SMILES string of the molecule is CC(C)NNC(=O)NCC(F)(F)F. The van der Waals surface area contributed by atoms with Crippen LogP contribution in [0.25, 0.3) is 0 Å². The molecule has 7 heteroatoms. The molecule has 0 aliphatic rings. The van der Waals surface area contributed by atoms with E-state index in [0.29, 0.717) is 0 Å². The molecule has 0 radical (unpaired) electrons. The van der Waals surface area contributed by atoms with Crippen LogP contribution in [0.15, 0.2) is 0 Å². The highest BCUT2D eigenvalue weighted by molar-refractivity contribution is 5.73. The van der Waals surface area contributed by atoms with Crippen molar-refractivity contribution in [3.63, 3.8) is 0 Å².